The SMILES string of the molecule is C=CCCCN(C)CC1CCC(N)C(C)C1(C)C. The fourth-order valence-electron chi connectivity index (χ4n) is 3.24. The van der Waals surface area contributed by atoms with Crippen molar-refractivity contribution in [2.75, 3.05) is 20.1 Å². The summed E-state index contributed by atoms with van der Waals surface area (Å²) in [6.45, 7) is 13.3. The maximum Gasteiger partial charge on any atom is 0.00698 e. The minimum atomic E-state index is 0.365. The Morgan fingerprint density at radius 3 is 2.67 bits per heavy atom. The number of allylic oxidation sites excluding steroid dienone is 1. The Morgan fingerprint density at radius 2 is 2.06 bits per heavy atom. The van der Waals surface area contributed by atoms with Crippen molar-refractivity contribution in [1.82, 2.24) is 4.90 Å². The van der Waals surface area contributed by atoms with Crippen LogP contribution in [0.1, 0.15) is 46.5 Å². The molecule has 0 bridgehead atoms. The number of hydrogen-bond donors (Lipinski definition) is 1. The van der Waals surface area contributed by atoms with Gasteiger partial charge in [0.25, 0.3) is 0 Å². The van der Waals surface area contributed by atoms with Gasteiger partial charge in [0.2, 0.25) is 0 Å². The summed E-state index contributed by atoms with van der Waals surface area (Å²) in [5, 5.41) is 0. The molecule has 2 nitrogen and oxygen atoms in total. The Kier molecular flexibility index (Phi) is 5.87. The van der Waals surface area contributed by atoms with Crippen LogP contribution < -0.4 is 5.73 Å². The van der Waals surface area contributed by atoms with Crippen molar-refractivity contribution in [2.24, 2.45) is 23.0 Å². The number of rotatable bonds is 6. The molecule has 0 amide bonds. The van der Waals surface area contributed by atoms with Crippen LogP contribution in [-0.4, -0.2) is 31.1 Å². The van der Waals surface area contributed by atoms with E-state index in [9.17, 15) is 0 Å². The summed E-state index contributed by atoms with van der Waals surface area (Å²) in [6.07, 6.45) is 6.83. The van der Waals surface area contributed by atoms with E-state index < -0.39 is 0 Å². The summed E-state index contributed by atoms with van der Waals surface area (Å²) in [6, 6.07) is 0.391. The van der Waals surface area contributed by atoms with E-state index in [0.29, 0.717) is 17.4 Å². The lowest BCUT2D eigenvalue weighted by Crippen LogP contribution is -2.49. The molecule has 1 saturated carbocycles. The van der Waals surface area contributed by atoms with Gasteiger partial charge in [0, 0.05) is 12.6 Å². The zero-order valence-corrected chi connectivity index (χ0v) is 12.8. The van der Waals surface area contributed by atoms with E-state index >= 15 is 0 Å². The van der Waals surface area contributed by atoms with Gasteiger partial charge in [-0.05, 0) is 56.5 Å². The lowest BCUT2D eigenvalue weighted by Gasteiger charge is -2.48. The van der Waals surface area contributed by atoms with Crippen LogP contribution in [0.3, 0.4) is 0 Å². The second kappa shape index (κ2) is 6.72. The first kappa shape index (κ1) is 15.7. The van der Waals surface area contributed by atoms with Gasteiger partial charge in [-0.25, -0.2) is 0 Å². The molecule has 0 aromatic carbocycles. The molecule has 0 spiro atoms. The Balaban J connectivity index is 2.48. The van der Waals surface area contributed by atoms with E-state index in [-0.39, 0.29) is 0 Å². The molecular weight excluding hydrogens is 220 g/mol. The number of unbranched alkanes of at least 4 members (excludes halogenated alkanes) is 1. The maximum atomic E-state index is 6.22. The van der Waals surface area contributed by atoms with Gasteiger partial charge < -0.3 is 10.6 Å². The van der Waals surface area contributed by atoms with Gasteiger partial charge in [-0.1, -0.05) is 26.8 Å². The molecule has 2 heteroatoms. The fraction of sp³-hybridized carbons (Fsp3) is 0.875. The van der Waals surface area contributed by atoms with Crippen molar-refractivity contribution in [1.29, 1.82) is 0 Å². The minimum absolute atomic E-state index is 0.365. The normalized spacial score (nSPS) is 31.6. The van der Waals surface area contributed by atoms with Gasteiger partial charge in [0.05, 0.1) is 0 Å². The molecule has 3 unspecified atom stereocenters. The summed E-state index contributed by atoms with van der Waals surface area (Å²) in [5.74, 6) is 1.40. The van der Waals surface area contributed by atoms with E-state index in [1.165, 1.54) is 32.4 Å². The Hall–Kier alpha value is -0.340. The van der Waals surface area contributed by atoms with Crippen molar-refractivity contribution in [3.63, 3.8) is 0 Å². The lowest BCUT2D eigenvalue weighted by molar-refractivity contribution is 0.0337. The molecule has 0 aromatic heterocycles. The van der Waals surface area contributed by atoms with Crippen LogP contribution >= 0.6 is 0 Å². The number of nitrogens with two attached hydrogens (primary N) is 1. The molecule has 18 heavy (non-hydrogen) atoms. The first-order chi connectivity index (χ1) is 8.39. The Bertz CT molecular complexity index is 260. The highest BCUT2D eigenvalue weighted by atomic mass is 15.1. The van der Waals surface area contributed by atoms with Crippen molar-refractivity contribution < 1.29 is 0 Å². The molecule has 106 valence electrons. The topological polar surface area (TPSA) is 29.3 Å². The van der Waals surface area contributed by atoms with E-state index in [1.54, 1.807) is 0 Å². The molecule has 2 N–H and O–H groups in total. The number of hydrogen-bond acceptors (Lipinski definition) is 2. The third-order valence-corrected chi connectivity index (χ3v) is 5.20. The third kappa shape index (κ3) is 3.83. The molecule has 1 rings (SSSR count). The first-order valence-corrected chi connectivity index (χ1v) is 7.44. The summed E-state index contributed by atoms with van der Waals surface area (Å²) in [4.78, 5) is 2.49. The van der Waals surface area contributed by atoms with Gasteiger partial charge >= 0.3 is 0 Å². The van der Waals surface area contributed by atoms with Crippen LogP contribution in [0.5, 0.6) is 0 Å². The summed E-state index contributed by atoms with van der Waals surface area (Å²) in [7, 11) is 2.25. The van der Waals surface area contributed by atoms with Crippen LogP contribution in [0.25, 0.3) is 0 Å². The quantitative estimate of drug-likeness (QED) is 0.580. The summed E-state index contributed by atoms with van der Waals surface area (Å²) in [5.41, 5.74) is 6.59. The summed E-state index contributed by atoms with van der Waals surface area (Å²) >= 11 is 0. The number of nitrogens with zero attached hydrogens (tertiary/aromatic N) is 1. The molecule has 1 aliphatic rings. The van der Waals surface area contributed by atoms with Crippen LogP contribution in [-0.2, 0) is 0 Å². The zero-order valence-electron chi connectivity index (χ0n) is 12.8. The van der Waals surface area contributed by atoms with Gasteiger partial charge in [-0.15, -0.1) is 6.58 Å². The maximum absolute atomic E-state index is 6.22. The van der Waals surface area contributed by atoms with Crippen LogP contribution in [0, 0.1) is 17.3 Å². The molecule has 0 saturated heterocycles. The minimum Gasteiger partial charge on any atom is -0.327 e. The van der Waals surface area contributed by atoms with Gasteiger partial charge in [0.1, 0.15) is 0 Å². The van der Waals surface area contributed by atoms with E-state index in [0.717, 1.165) is 12.3 Å². The molecular formula is C16H32N2. The van der Waals surface area contributed by atoms with Crippen molar-refractivity contribution in [2.45, 2.75) is 52.5 Å². The Labute approximate surface area is 114 Å². The highest BCUT2D eigenvalue weighted by Crippen LogP contribution is 2.44. The predicted octanol–water partition coefficient (Wildman–Crippen LogP) is 3.28. The molecule has 1 aliphatic carbocycles. The van der Waals surface area contributed by atoms with Crippen molar-refractivity contribution in [3.05, 3.63) is 12.7 Å². The average Bonchev–Trinajstić information content (AvgIpc) is 2.31. The fourth-order valence-corrected chi connectivity index (χ4v) is 3.24. The smallest absolute Gasteiger partial charge is 0.00698 e. The van der Waals surface area contributed by atoms with Gasteiger partial charge in [0.15, 0.2) is 0 Å². The van der Waals surface area contributed by atoms with Crippen molar-refractivity contribution in [3.8, 4) is 0 Å². The van der Waals surface area contributed by atoms with E-state index in [4.69, 9.17) is 5.73 Å². The molecule has 0 radical (unpaired) electrons. The highest BCUT2D eigenvalue weighted by Gasteiger charge is 2.41. The highest BCUT2D eigenvalue weighted by molar-refractivity contribution is 4.94. The Morgan fingerprint density at radius 1 is 1.39 bits per heavy atom. The molecule has 0 aliphatic heterocycles. The largest absolute Gasteiger partial charge is 0.327 e. The second-order valence-electron chi connectivity index (χ2n) is 6.74. The lowest BCUT2D eigenvalue weighted by atomic mass is 9.61. The van der Waals surface area contributed by atoms with Crippen LogP contribution in [0.15, 0.2) is 12.7 Å². The molecule has 0 aromatic rings. The molecule has 0 heterocycles. The third-order valence-electron chi connectivity index (χ3n) is 5.20. The average molecular weight is 252 g/mol. The van der Waals surface area contributed by atoms with E-state index in [2.05, 4.69) is 39.3 Å². The van der Waals surface area contributed by atoms with Crippen molar-refractivity contribution >= 4 is 0 Å². The van der Waals surface area contributed by atoms with Gasteiger partial charge in [-0.2, -0.15) is 0 Å². The zero-order chi connectivity index (χ0) is 13.8. The molecule has 3 atom stereocenters. The first-order valence-electron chi connectivity index (χ1n) is 7.44. The predicted molar refractivity (Wildman–Crippen MR) is 80.6 cm³/mol. The van der Waals surface area contributed by atoms with Crippen LogP contribution in [0.4, 0.5) is 0 Å². The van der Waals surface area contributed by atoms with Crippen LogP contribution in [0.2, 0.25) is 0 Å². The van der Waals surface area contributed by atoms with Gasteiger partial charge in [-0.3, -0.25) is 0 Å². The standard InChI is InChI=1S/C16H32N2/c1-6-7-8-11-18(5)12-14-9-10-15(17)13(2)16(14,3)4/h6,13-15H,1,7-12,17H2,2-5H3. The monoisotopic (exact) mass is 252 g/mol. The summed E-state index contributed by atoms with van der Waals surface area (Å²) < 4.78 is 0. The molecule has 1 fully saturated rings. The van der Waals surface area contributed by atoms with E-state index in [1.807, 2.05) is 6.08 Å². The second-order valence-corrected chi connectivity index (χ2v) is 6.74.